The van der Waals surface area contributed by atoms with Gasteiger partial charge in [0.2, 0.25) is 0 Å². The van der Waals surface area contributed by atoms with Crippen molar-refractivity contribution in [3.8, 4) is 33.4 Å². The summed E-state index contributed by atoms with van der Waals surface area (Å²) in [4.78, 5) is 0. The SMILES string of the molecule is CCC1(CC)c2ccccc2-c2ccc(-c3c4ccccc4c(-c4ccc5ccccc5c4)c4cc(C(C)(C)C)ccc34)cc21. The minimum atomic E-state index is 0.0397. The van der Waals surface area contributed by atoms with E-state index in [1.807, 2.05) is 0 Å². The first-order chi connectivity index (χ1) is 21.8. The molecule has 0 spiro atoms. The molecule has 0 saturated heterocycles. The quantitative estimate of drug-likeness (QED) is 0.182. The van der Waals surface area contributed by atoms with Crippen LogP contribution in [0.2, 0.25) is 0 Å². The molecular formula is C45H40. The van der Waals surface area contributed by atoms with Gasteiger partial charge in [0.15, 0.2) is 0 Å². The second kappa shape index (κ2) is 10.2. The van der Waals surface area contributed by atoms with Crippen molar-refractivity contribution in [2.75, 3.05) is 0 Å². The van der Waals surface area contributed by atoms with E-state index >= 15 is 0 Å². The summed E-state index contributed by atoms with van der Waals surface area (Å²) >= 11 is 0. The van der Waals surface area contributed by atoms with Gasteiger partial charge >= 0.3 is 0 Å². The predicted octanol–water partition coefficient (Wildman–Crippen LogP) is 12.9. The van der Waals surface area contributed by atoms with Crippen LogP contribution in [0.25, 0.3) is 65.7 Å². The molecule has 0 fully saturated rings. The average Bonchev–Trinajstić information content (AvgIpc) is 3.35. The lowest BCUT2D eigenvalue weighted by atomic mass is 9.73. The number of benzene rings is 7. The number of hydrogen-bond acceptors (Lipinski definition) is 0. The van der Waals surface area contributed by atoms with Gasteiger partial charge in [-0.15, -0.1) is 0 Å². The monoisotopic (exact) mass is 580 g/mol. The molecular weight excluding hydrogens is 540 g/mol. The molecule has 0 bridgehead atoms. The van der Waals surface area contributed by atoms with E-state index in [0.717, 1.165) is 12.8 Å². The van der Waals surface area contributed by atoms with Crippen molar-refractivity contribution < 1.29 is 0 Å². The molecule has 1 aliphatic carbocycles. The molecule has 7 aromatic rings. The van der Waals surface area contributed by atoms with Gasteiger partial charge in [-0.1, -0.05) is 144 Å². The lowest BCUT2D eigenvalue weighted by Gasteiger charge is -2.30. The highest BCUT2D eigenvalue weighted by Gasteiger charge is 2.40. The van der Waals surface area contributed by atoms with Crippen LogP contribution in [-0.4, -0.2) is 0 Å². The van der Waals surface area contributed by atoms with E-state index in [1.165, 1.54) is 82.4 Å². The van der Waals surface area contributed by atoms with Crippen LogP contribution < -0.4 is 0 Å². The molecule has 0 N–H and O–H groups in total. The molecule has 0 heterocycles. The van der Waals surface area contributed by atoms with Crippen molar-refractivity contribution in [3.63, 3.8) is 0 Å². The second-order valence-electron chi connectivity index (χ2n) is 14.0. The fourth-order valence-electron chi connectivity index (χ4n) is 8.23. The highest BCUT2D eigenvalue weighted by molar-refractivity contribution is 6.22. The Bertz CT molecular complexity index is 2270. The Hall–Kier alpha value is -4.68. The van der Waals surface area contributed by atoms with Crippen LogP contribution >= 0.6 is 0 Å². The Kier molecular flexibility index (Phi) is 6.30. The number of fused-ring (bicyclic) bond motifs is 6. The Morgan fingerprint density at radius 1 is 0.467 bits per heavy atom. The van der Waals surface area contributed by atoms with Crippen LogP contribution in [0.4, 0.5) is 0 Å². The van der Waals surface area contributed by atoms with Crippen LogP contribution in [0, 0.1) is 0 Å². The molecule has 7 aromatic carbocycles. The fraction of sp³-hybridized carbons (Fsp3) is 0.200. The van der Waals surface area contributed by atoms with Crippen LogP contribution in [0.1, 0.15) is 64.2 Å². The number of hydrogen-bond donors (Lipinski definition) is 0. The lowest BCUT2D eigenvalue weighted by Crippen LogP contribution is -2.23. The highest BCUT2D eigenvalue weighted by atomic mass is 14.4. The Morgan fingerprint density at radius 2 is 1.04 bits per heavy atom. The second-order valence-corrected chi connectivity index (χ2v) is 14.0. The van der Waals surface area contributed by atoms with Crippen molar-refractivity contribution in [3.05, 3.63) is 144 Å². The first-order valence-electron chi connectivity index (χ1n) is 16.6. The molecule has 0 unspecified atom stereocenters. The summed E-state index contributed by atoms with van der Waals surface area (Å²) in [7, 11) is 0. The third-order valence-corrected chi connectivity index (χ3v) is 10.7. The minimum absolute atomic E-state index is 0.0397. The zero-order valence-electron chi connectivity index (χ0n) is 27.0. The fourth-order valence-corrected chi connectivity index (χ4v) is 8.23. The molecule has 0 amide bonds. The van der Waals surface area contributed by atoms with Gasteiger partial charge in [0.25, 0.3) is 0 Å². The molecule has 1 aliphatic rings. The summed E-state index contributed by atoms with van der Waals surface area (Å²) in [5.41, 5.74) is 12.4. The van der Waals surface area contributed by atoms with E-state index in [9.17, 15) is 0 Å². The molecule has 0 aliphatic heterocycles. The first-order valence-corrected chi connectivity index (χ1v) is 16.6. The summed E-state index contributed by atoms with van der Waals surface area (Å²) < 4.78 is 0. The van der Waals surface area contributed by atoms with E-state index in [2.05, 4.69) is 162 Å². The van der Waals surface area contributed by atoms with Gasteiger partial charge in [0.1, 0.15) is 0 Å². The molecule has 220 valence electrons. The Labute approximate surface area is 267 Å². The van der Waals surface area contributed by atoms with Crippen molar-refractivity contribution >= 4 is 32.3 Å². The summed E-state index contributed by atoms with van der Waals surface area (Å²) in [5.74, 6) is 0. The third kappa shape index (κ3) is 4.12. The molecule has 0 aromatic heterocycles. The van der Waals surface area contributed by atoms with Crippen molar-refractivity contribution in [2.24, 2.45) is 0 Å². The van der Waals surface area contributed by atoms with Gasteiger partial charge in [0, 0.05) is 5.41 Å². The molecule has 0 nitrogen and oxygen atoms in total. The van der Waals surface area contributed by atoms with Crippen LogP contribution in [0.15, 0.2) is 127 Å². The van der Waals surface area contributed by atoms with E-state index in [4.69, 9.17) is 0 Å². The third-order valence-electron chi connectivity index (χ3n) is 10.7. The van der Waals surface area contributed by atoms with Gasteiger partial charge in [0.05, 0.1) is 0 Å². The zero-order chi connectivity index (χ0) is 30.9. The molecule has 0 saturated carbocycles. The van der Waals surface area contributed by atoms with Gasteiger partial charge in [-0.3, -0.25) is 0 Å². The normalized spacial score (nSPS) is 13.8. The van der Waals surface area contributed by atoms with Gasteiger partial charge in [-0.2, -0.15) is 0 Å². The highest BCUT2D eigenvalue weighted by Crippen LogP contribution is 2.54. The zero-order valence-corrected chi connectivity index (χ0v) is 27.0. The predicted molar refractivity (Wildman–Crippen MR) is 195 cm³/mol. The van der Waals surface area contributed by atoms with E-state index in [1.54, 1.807) is 0 Å². The summed E-state index contributed by atoms with van der Waals surface area (Å²) in [5, 5.41) is 7.81. The van der Waals surface area contributed by atoms with E-state index in [-0.39, 0.29) is 10.8 Å². The Morgan fingerprint density at radius 3 is 1.78 bits per heavy atom. The summed E-state index contributed by atoms with van der Waals surface area (Å²) in [6.45, 7) is 11.7. The van der Waals surface area contributed by atoms with Crippen molar-refractivity contribution in [2.45, 2.75) is 58.3 Å². The van der Waals surface area contributed by atoms with Gasteiger partial charge < -0.3 is 0 Å². The first kappa shape index (κ1) is 27.8. The van der Waals surface area contributed by atoms with Gasteiger partial charge in [-0.25, -0.2) is 0 Å². The lowest BCUT2D eigenvalue weighted by molar-refractivity contribution is 0.490. The minimum Gasteiger partial charge on any atom is -0.0642 e. The molecule has 0 heteroatoms. The van der Waals surface area contributed by atoms with Crippen LogP contribution in [0.3, 0.4) is 0 Å². The largest absolute Gasteiger partial charge is 0.0642 e. The maximum atomic E-state index is 2.54. The van der Waals surface area contributed by atoms with E-state index in [0.29, 0.717) is 0 Å². The van der Waals surface area contributed by atoms with Crippen molar-refractivity contribution in [1.29, 1.82) is 0 Å². The van der Waals surface area contributed by atoms with E-state index < -0.39 is 0 Å². The van der Waals surface area contributed by atoms with Crippen LogP contribution in [-0.2, 0) is 10.8 Å². The summed E-state index contributed by atoms with van der Waals surface area (Å²) in [6, 6.07) is 48.4. The van der Waals surface area contributed by atoms with Crippen molar-refractivity contribution in [1.82, 2.24) is 0 Å². The topological polar surface area (TPSA) is 0 Å². The standard InChI is InChI=1S/C45H40/c1-6-45(7-2)40-19-13-12-16-34(40)35-24-22-32(27-41(35)45)42-36-17-10-11-18-37(36)43(31-21-20-29-14-8-9-15-30(29)26-31)39-28-33(44(3,4)5)23-25-38(39)42/h8-28H,6-7H2,1-5H3. The van der Waals surface area contributed by atoms with Crippen LogP contribution in [0.5, 0.6) is 0 Å². The maximum Gasteiger partial charge on any atom is 0.0210 e. The molecule has 45 heavy (non-hydrogen) atoms. The smallest absolute Gasteiger partial charge is 0.0210 e. The maximum absolute atomic E-state index is 2.54. The molecule has 8 rings (SSSR count). The molecule has 0 radical (unpaired) electrons. The molecule has 0 atom stereocenters. The Balaban J connectivity index is 1.47. The van der Waals surface area contributed by atoms with Gasteiger partial charge in [-0.05, 0) is 119 Å². The summed E-state index contributed by atoms with van der Waals surface area (Å²) in [6.07, 6.45) is 2.18. The number of rotatable bonds is 4. The average molecular weight is 581 g/mol.